The third-order valence-electron chi connectivity index (χ3n) is 3.37. The highest BCUT2D eigenvalue weighted by atomic mass is 16.5. The number of phenolic OH excluding ortho intramolecular Hbond substituents is 1. The van der Waals surface area contributed by atoms with Gasteiger partial charge in [0.2, 0.25) is 0 Å². The number of amides is 1. The van der Waals surface area contributed by atoms with Crippen LogP contribution in [0.25, 0.3) is 0 Å². The fourth-order valence-electron chi connectivity index (χ4n) is 2.40. The quantitative estimate of drug-likeness (QED) is 0.849. The number of carbonyl (C=O) groups excluding carboxylic acids is 2. The lowest BCUT2D eigenvalue weighted by Crippen LogP contribution is -2.47. The van der Waals surface area contributed by atoms with Gasteiger partial charge in [-0.3, -0.25) is 4.79 Å². The predicted octanol–water partition coefficient (Wildman–Crippen LogP) is 2.89. The van der Waals surface area contributed by atoms with Crippen molar-refractivity contribution in [2.75, 3.05) is 0 Å². The number of rotatable bonds is 5. The lowest BCUT2D eigenvalue weighted by molar-refractivity contribution is -0.143. The molecular weight excluding hydrogens is 282 g/mol. The summed E-state index contributed by atoms with van der Waals surface area (Å²) < 4.78 is 5.23. The molecule has 5 nitrogen and oxygen atoms in total. The molecule has 1 aromatic rings. The fraction of sp³-hybridized carbons (Fsp3) is 0.529. The molecule has 0 aliphatic carbocycles. The molecule has 0 aromatic heterocycles. The van der Waals surface area contributed by atoms with Gasteiger partial charge in [-0.2, -0.15) is 0 Å². The monoisotopic (exact) mass is 307 g/mol. The number of esters is 1. The first-order chi connectivity index (χ1) is 10.1. The number of nitrogens with zero attached hydrogens (tertiary/aromatic N) is 1. The zero-order valence-corrected chi connectivity index (χ0v) is 14.1. The van der Waals surface area contributed by atoms with Crippen molar-refractivity contribution >= 4 is 11.9 Å². The summed E-state index contributed by atoms with van der Waals surface area (Å²) in [6, 6.07) is 4.70. The molecular formula is C17H25NO4. The van der Waals surface area contributed by atoms with Gasteiger partial charge < -0.3 is 14.7 Å². The highest BCUT2D eigenvalue weighted by Gasteiger charge is 2.28. The summed E-state index contributed by atoms with van der Waals surface area (Å²) in [5.41, 5.74) is 0.898. The van der Waals surface area contributed by atoms with Crippen LogP contribution >= 0.6 is 0 Å². The maximum Gasteiger partial charge on any atom is 0.342 e. The van der Waals surface area contributed by atoms with Crippen LogP contribution in [0.5, 0.6) is 5.75 Å². The van der Waals surface area contributed by atoms with Crippen LogP contribution in [0, 0.1) is 6.92 Å². The van der Waals surface area contributed by atoms with E-state index in [9.17, 15) is 14.7 Å². The van der Waals surface area contributed by atoms with Crippen LogP contribution in [0.3, 0.4) is 0 Å². The van der Waals surface area contributed by atoms with Gasteiger partial charge >= 0.3 is 5.97 Å². The summed E-state index contributed by atoms with van der Waals surface area (Å²) in [6.07, 6.45) is -0.905. The average molecular weight is 307 g/mol. The SMILES string of the molecule is Cc1ccc(O)c(C(=O)O[C@@H](C)C(=O)N(C(C)C)C(C)C)c1. The fourth-order valence-corrected chi connectivity index (χ4v) is 2.40. The van der Waals surface area contributed by atoms with E-state index in [-0.39, 0.29) is 29.3 Å². The Morgan fingerprint density at radius 1 is 1.09 bits per heavy atom. The Morgan fingerprint density at radius 2 is 1.64 bits per heavy atom. The second-order valence-corrected chi connectivity index (χ2v) is 6.00. The van der Waals surface area contributed by atoms with Crippen LogP contribution < -0.4 is 0 Å². The molecule has 1 amide bonds. The van der Waals surface area contributed by atoms with E-state index in [1.54, 1.807) is 17.9 Å². The van der Waals surface area contributed by atoms with Crippen LogP contribution in [0.1, 0.15) is 50.5 Å². The van der Waals surface area contributed by atoms with Crippen molar-refractivity contribution in [2.45, 2.75) is 59.7 Å². The molecule has 0 saturated carbocycles. The Hall–Kier alpha value is -2.04. The van der Waals surface area contributed by atoms with E-state index >= 15 is 0 Å². The highest BCUT2D eigenvalue weighted by molar-refractivity contribution is 5.94. The number of hydrogen-bond acceptors (Lipinski definition) is 4. The predicted molar refractivity (Wildman–Crippen MR) is 84.8 cm³/mol. The third kappa shape index (κ3) is 4.23. The smallest absolute Gasteiger partial charge is 0.342 e. The van der Waals surface area contributed by atoms with E-state index in [1.807, 2.05) is 34.6 Å². The van der Waals surface area contributed by atoms with E-state index in [0.29, 0.717) is 0 Å². The summed E-state index contributed by atoms with van der Waals surface area (Å²) >= 11 is 0. The van der Waals surface area contributed by atoms with Crippen LogP contribution in [-0.4, -0.2) is 40.1 Å². The van der Waals surface area contributed by atoms with Crippen molar-refractivity contribution in [2.24, 2.45) is 0 Å². The molecule has 0 spiro atoms. The Labute approximate surface area is 131 Å². The van der Waals surface area contributed by atoms with Gasteiger partial charge in [-0.1, -0.05) is 11.6 Å². The van der Waals surface area contributed by atoms with Gasteiger partial charge in [-0.15, -0.1) is 0 Å². The topological polar surface area (TPSA) is 66.8 Å². The van der Waals surface area contributed by atoms with Gasteiger partial charge in [0.25, 0.3) is 5.91 Å². The largest absolute Gasteiger partial charge is 0.507 e. The number of hydrogen-bond donors (Lipinski definition) is 1. The number of aryl methyl sites for hydroxylation is 1. The van der Waals surface area contributed by atoms with Crippen LogP contribution in [0.2, 0.25) is 0 Å². The molecule has 1 aromatic carbocycles. The minimum absolute atomic E-state index is 0.0148. The molecule has 22 heavy (non-hydrogen) atoms. The normalized spacial score (nSPS) is 12.4. The number of carbonyl (C=O) groups is 2. The van der Waals surface area contributed by atoms with E-state index < -0.39 is 12.1 Å². The maximum absolute atomic E-state index is 12.4. The maximum atomic E-state index is 12.4. The standard InChI is InChI=1S/C17H25NO4/c1-10(2)18(11(3)4)16(20)13(6)22-17(21)14-9-12(5)7-8-15(14)19/h7-11,13,19H,1-6H3/t13-/m0/s1. The summed E-state index contributed by atoms with van der Waals surface area (Å²) in [5, 5.41) is 9.75. The van der Waals surface area contributed by atoms with E-state index in [4.69, 9.17) is 4.74 Å². The summed E-state index contributed by atoms with van der Waals surface area (Å²) in [4.78, 5) is 26.2. The zero-order chi connectivity index (χ0) is 17.0. The Kier molecular flexibility index (Phi) is 5.97. The van der Waals surface area contributed by atoms with Gasteiger partial charge in [-0.25, -0.2) is 4.79 Å². The zero-order valence-electron chi connectivity index (χ0n) is 14.1. The van der Waals surface area contributed by atoms with E-state index in [0.717, 1.165) is 5.56 Å². The Morgan fingerprint density at radius 3 is 2.14 bits per heavy atom. The van der Waals surface area contributed by atoms with Gasteiger partial charge in [0.1, 0.15) is 11.3 Å². The van der Waals surface area contributed by atoms with Crippen LogP contribution in [0.15, 0.2) is 18.2 Å². The second kappa shape index (κ2) is 7.29. The average Bonchev–Trinajstić information content (AvgIpc) is 2.40. The van der Waals surface area contributed by atoms with Gasteiger partial charge in [0.15, 0.2) is 6.10 Å². The molecule has 5 heteroatoms. The van der Waals surface area contributed by atoms with Crippen molar-refractivity contribution in [3.63, 3.8) is 0 Å². The molecule has 0 aliphatic heterocycles. The molecule has 0 bridgehead atoms. The summed E-state index contributed by atoms with van der Waals surface area (Å²) in [5.74, 6) is -1.10. The lowest BCUT2D eigenvalue weighted by Gasteiger charge is -2.32. The first-order valence-electron chi connectivity index (χ1n) is 7.48. The van der Waals surface area contributed by atoms with Gasteiger partial charge in [-0.05, 0) is 53.7 Å². The number of benzene rings is 1. The van der Waals surface area contributed by atoms with Crippen molar-refractivity contribution in [3.8, 4) is 5.75 Å². The van der Waals surface area contributed by atoms with Crippen molar-refractivity contribution in [3.05, 3.63) is 29.3 Å². The van der Waals surface area contributed by atoms with Crippen LogP contribution in [0.4, 0.5) is 0 Å². The summed E-state index contributed by atoms with van der Waals surface area (Å²) in [6.45, 7) is 11.0. The molecule has 1 atom stereocenters. The van der Waals surface area contributed by atoms with Gasteiger partial charge in [0.05, 0.1) is 0 Å². The van der Waals surface area contributed by atoms with Crippen molar-refractivity contribution < 1.29 is 19.4 Å². The molecule has 0 aliphatic rings. The second-order valence-electron chi connectivity index (χ2n) is 6.00. The molecule has 0 saturated heterocycles. The minimum atomic E-state index is -0.905. The number of phenols is 1. The first kappa shape index (κ1) is 18.0. The van der Waals surface area contributed by atoms with Crippen LogP contribution in [-0.2, 0) is 9.53 Å². The minimum Gasteiger partial charge on any atom is -0.507 e. The lowest BCUT2D eigenvalue weighted by atomic mass is 10.1. The first-order valence-corrected chi connectivity index (χ1v) is 7.48. The molecule has 0 unspecified atom stereocenters. The number of aromatic hydroxyl groups is 1. The third-order valence-corrected chi connectivity index (χ3v) is 3.37. The molecule has 0 radical (unpaired) electrons. The Balaban J connectivity index is 2.87. The van der Waals surface area contributed by atoms with E-state index in [2.05, 4.69) is 0 Å². The molecule has 1 rings (SSSR count). The molecule has 122 valence electrons. The molecule has 1 N–H and O–H groups in total. The van der Waals surface area contributed by atoms with Crippen molar-refractivity contribution in [1.29, 1.82) is 0 Å². The van der Waals surface area contributed by atoms with E-state index in [1.165, 1.54) is 12.1 Å². The highest BCUT2D eigenvalue weighted by Crippen LogP contribution is 2.20. The summed E-state index contributed by atoms with van der Waals surface area (Å²) in [7, 11) is 0. The molecule has 0 heterocycles. The van der Waals surface area contributed by atoms with Gasteiger partial charge in [0, 0.05) is 12.1 Å². The van der Waals surface area contributed by atoms with Crippen molar-refractivity contribution in [1.82, 2.24) is 4.90 Å². The molecule has 0 fully saturated rings. The number of ether oxygens (including phenoxy) is 1. The Bertz CT molecular complexity index is 544.